The summed E-state index contributed by atoms with van der Waals surface area (Å²) in [6.45, 7) is 7.60. The van der Waals surface area contributed by atoms with E-state index in [1.165, 1.54) is 33.9 Å². The molecule has 0 aliphatic heterocycles. The van der Waals surface area contributed by atoms with Crippen LogP contribution in [0.1, 0.15) is 10.4 Å². The number of rotatable bonds is 9. The molecule has 0 saturated carbocycles. The molecule has 0 radical (unpaired) electrons. The van der Waals surface area contributed by atoms with Gasteiger partial charge in [0.05, 0.1) is 15.1 Å². The first kappa shape index (κ1) is 22.7. The average Bonchev–Trinajstić information content (AvgIpc) is 3.15. The molecule has 0 aliphatic carbocycles. The predicted octanol–water partition coefficient (Wildman–Crippen LogP) is 3.98. The Balaban J connectivity index is 1.87. The molecule has 0 atom stereocenters. The van der Waals surface area contributed by atoms with E-state index in [9.17, 15) is 13.2 Å². The highest BCUT2D eigenvalue weighted by atomic mass is 32.2. The summed E-state index contributed by atoms with van der Waals surface area (Å²) in [5.74, 6) is -0.279. The van der Waals surface area contributed by atoms with Crippen molar-refractivity contribution in [2.24, 2.45) is 0 Å². The fraction of sp³-hybridized carbons (Fsp3) is 0.182. The first-order valence-corrected chi connectivity index (χ1v) is 11.7. The van der Waals surface area contributed by atoms with Gasteiger partial charge in [0.1, 0.15) is 0 Å². The van der Waals surface area contributed by atoms with E-state index in [0.29, 0.717) is 20.9 Å². The number of nitrogens with one attached hydrogen (secondary N) is 1. The number of carbonyl (C=O) groups is 1. The standard InChI is InChI=1S/C22H24N4O3S2/c1-5-12-26(13-6-2)31(28,29)18-10-11-19-20(15-18)30-22(23-19)24-21(27)16-8-7-9-17(14-16)25(3)4/h5-11,14-15H,1-2,12-13H2,3-4H3,(H,23,24,27). The summed E-state index contributed by atoms with van der Waals surface area (Å²) in [6.07, 6.45) is 3.07. The number of sulfonamides is 1. The van der Waals surface area contributed by atoms with E-state index < -0.39 is 10.0 Å². The van der Waals surface area contributed by atoms with Crippen molar-refractivity contribution in [1.82, 2.24) is 9.29 Å². The second kappa shape index (κ2) is 9.42. The van der Waals surface area contributed by atoms with Gasteiger partial charge in [0, 0.05) is 38.4 Å². The minimum absolute atomic E-state index is 0.156. The SMILES string of the molecule is C=CCN(CC=C)S(=O)(=O)c1ccc2nc(NC(=O)c3cccc(N(C)C)c3)sc2c1. The third-order valence-electron chi connectivity index (χ3n) is 4.51. The van der Waals surface area contributed by atoms with Crippen molar-refractivity contribution in [3.63, 3.8) is 0 Å². The van der Waals surface area contributed by atoms with Crippen LogP contribution in [0.25, 0.3) is 10.2 Å². The van der Waals surface area contributed by atoms with E-state index in [1.807, 2.05) is 31.1 Å². The number of benzene rings is 2. The topological polar surface area (TPSA) is 82.6 Å². The van der Waals surface area contributed by atoms with E-state index in [4.69, 9.17) is 0 Å². The quantitative estimate of drug-likeness (QED) is 0.493. The van der Waals surface area contributed by atoms with Crippen molar-refractivity contribution in [3.05, 3.63) is 73.3 Å². The molecule has 7 nitrogen and oxygen atoms in total. The smallest absolute Gasteiger partial charge is 0.257 e. The van der Waals surface area contributed by atoms with Crippen molar-refractivity contribution in [2.45, 2.75) is 4.90 Å². The summed E-state index contributed by atoms with van der Waals surface area (Å²) in [5.41, 5.74) is 2.04. The van der Waals surface area contributed by atoms with Crippen LogP contribution in [0.2, 0.25) is 0 Å². The molecule has 0 unspecified atom stereocenters. The zero-order valence-corrected chi connectivity index (χ0v) is 19.0. The minimum atomic E-state index is -3.71. The Hall–Kier alpha value is -3.01. The van der Waals surface area contributed by atoms with Crippen LogP contribution in [0, 0.1) is 0 Å². The highest BCUT2D eigenvalue weighted by molar-refractivity contribution is 7.89. The molecule has 0 fully saturated rings. The minimum Gasteiger partial charge on any atom is -0.378 e. The Labute approximate surface area is 186 Å². The molecule has 1 heterocycles. The van der Waals surface area contributed by atoms with Crippen LogP contribution >= 0.6 is 11.3 Å². The normalized spacial score (nSPS) is 11.5. The van der Waals surface area contributed by atoms with Crippen molar-refractivity contribution in [2.75, 3.05) is 37.4 Å². The van der Waals surface area contributed by atoms with Crippen LogP contribution in [0.15, 0.2) is 72.7 Å². The number of nitrogens with zero attached hydrogens (tertiary/aromatic N) is 3. The fourth-order valence-electron chi connectivity index (χ4n) is 2.92. The zero-order chi connectivity index (χ0) is 22.6. The third kappa shape index (κ3) is 5.01. The second-order valence-corrected chi connectivity index (χ2v) is 9.92. The van der Waals surface area contributed by atoms with Crippen LogP contribution in [0.5, 0.6) is 0 Å². The Morgan fingerprint density at radius 3 is 2.48 bits per heavy atom. The summed E-state index contributed by atoms with van der Waals surface area (Å²) in [6, 6.07) is 12.0. The lowest BCUT2D eigenvalue weighted by molar-refractivity contribution is 0.102. The first-order valence-electron chi connectivity index (χ1n) is 9.47. The number of hydrogen-bond acceptors (Lipinski definition) is 6. The molecular weight excluding hydrogens is 432 g/mol. The molecule has 3 rings (SSSR count). The van der Waals surface area contributed by atoms with Gasteiger partial charge in [-0.05, 0) is 36.4 Å². The predicted molar refractivity (Wildman–Crippen MR) is 127 cm³/mol. The van der Waals surface area contributed by atoms with Gasteiger partial charge < -0.3 is 4.90 Å². The van der Waals surface area contributed by atoms with Crippen molar-refractivity contribution >= 4 is 48.3 Å². The van der Waals surface area contributed by atoms with Gasteiger partial charge in [-0.1, -0.05) is 29.6 Å². The summed E-state index contributed by atoms with van der Waals surface area (Å²) in [5, 5.41) is 3.20. The summed E-state index contributed by atoms with van der Waals surface area (Å²) in [7, 11) is 0.0996. The molecule has 1 amide bonds. The summed E-state index contributed by atoms with van der Waals surface area (Å²) >= 11 is 1.22. The summed E-state index contributed by atoms with van der Waals surface area (Å²) < 4.78 is 27.9. The molecule has 9 heteroatoms. The van der Waals surface area contributed by atoms with Crippen LogP contribution in [-0.4, -0.2) is 50.8 Å². The maximum absolute atomic E-state index is 13.0. The highest BCUT2D eigenvalue weighted by Crippen LogP contribution is 2.29. The highest BCUT2D eigenvalue weighted by Gasteiger charge is 2.23. The summed E-state index contributed by atoms with van der Waals surface area (Å²) in [4.78, 5) is 19.1. The lowest BCUT2D eigenvalue weighted by Gasteiger charge is -2.18. The molecular formula is C22H24N4O3S2. The maximum Gasteiger partial charge on any atom is 0.257 e. The monoisotopic (exact) mass is 456 g/mol. The van der Waals surface area contributed by atoms with Gasteiger partial charge in [-0.2, -0.15) is 4.31 Å². The number of anilines is 2. The van der Waals surface area contributed by atoms with E-state index in [1.54, 1.807) is 24.3 Å². The van der Waals surface area contributed by atoms with Gasteiger partial charge in [-0.25, -0.2) is 13.4 Å². The number of amides is 1. The largest absolute Gasteiger partial charge is 0.378 e. The first-order chi connectivity index (χ1) is 14.8. The van der Waals surface area contributed by atoms with Gasteiger partial charge in [0.15, 0.2) is 5.13 Å². The number of fused-ring (bicyclic) bond motifs is 1. The number of carbonyl (C=O) groups excluding carboxylic acids is 1. The molecule has 1 aromatic heterocycles. The maximum atomic E-state index is 13.0. The van der Waals surface area contributed by atoms with Gasteiger partial charge >= 0.3 is 0 Å². The molecule has 2 aromatic carbocycles. The number of thiazole rings is 1. The van der Waals surface area contributed by atoms with Crippen LogP contribution in [0.3, 0.4) is 0 Å². The molecule has 0 aliphatic rings. The second-order valence-electron chi connectivity index (χ2n) is 6.95. The van der Waals surface area contributed by atoms with Gasteiger partial charge in [-0.3, -0.25) is 10.1 Å². The van der Waals surface area contributed by atoms with Gasteiger partial charge in [-0.15, -0.1) is 13.2 Å². The Morgan fingerprint density at radius 1 is 1.13 bits per heavy atom. The molecule has 0 saturated heterocycles. The van der Waals surface area contributed by atoms with Gasteiger partial charge in [0.2, 0.25) is 10.0 Å². The molecule has 162 valence electrons. The van der Waals surface area contributed by atoms with Crippen molar-refractivity contribution in [1.29, 1.82) is 0 Å². The van der Waals surface area contributed by atoms with Crippen molar-refractivity contribution < 1.29 is 13.2 Å². The molecule has 0 bridgehead atoms. The van der Waals surface area contributed by atoms with E-state index in [-0.39, 0.29) is 23.9 Å². The van der Waals surface area contributed by atoms with Gasteiger partial charge in [0.25, 0.3) is 5.91 Å². The Kier molecular flexibility index (Phi) is 6.89. The number of aromatic nitrogens is 1. The molecule has 1 N–H and O–H groups in total. The average molecular weight is 457 g/mol. The third-order valence-corrected chi connectivity index (χ3v) is 7.27. The van der Waals surface area contributed by atoms with Crippen LogP contribution in [-0.2, 0) is 10.0 Å². The fourth-order valence-corrected chi connectivity index (χ4v) is 5.30. The molecule has 31 heavy (non-hydrogen) atoms. The molecule has 0 spiro atoms. The van der Waals surface area contributed by atoms with E-state index in [0.717, 1.165) is 5.69 Å². The van der Waals surface area contributed by atoms with Crippen LogP contribution in [0.4, 0.5) is 10.8 Å². The lowest BCUT2D eigenvalue weighted by Crippen LogP contribution is -2.31. The Bertz CT molecular complexity index is 1220. The van der Waals surface area contributed by atoms with Crippen LogP contribution < -0.4 is 10.2 Å². The van der Waals surface area contributed by atoms with E-state index >= 15 is 0 Å². The Morgan fingerprint density at radius 2 is 1.84 bits per heavy atom. The molecule has 3 aromatic rings. The zero-order valence-electron chi connectivity index (χ0n) is 17.4. The van der Waals surface area contributed by atoms with E-state index in [2.05, 4.69) is 23.5 Å². The van der Waals surface area contributed by atoms with Crippen molar-refractivity contribution in [3.8, 4) is 0 Å². The number of hydrogen-bond donors (Lipinski definition) is 1. The lowest BCUT2D eigenvalue weighted by atomic mass is 10.2.